The predicted octanol–water partition coefficient (Wildman–Crippen LogP) is 4.40. The van der Waals surface area contributed by atoms with Gasteiger partial charge in [0.1, 0.15) is 0 Å². The Kier molecular flexibility index (Phi) is 6.50. The molecule has 0 radical (unpaired) electrons. The average Bonchev–Trinajstić information content (AvgIpc) is 3.40. The van der Waals surface area contributed by atoms with Crippen LogP contribution in [0, 0.1) is 17.0 Å². The van der Waals surface area contributed by atoms with Crippen molar-refractivity contribution < 1.29 is 14.5 Å². The van der Waals surface area contributed by atoms with Gasteiger partial charge in [-0.05, 0) is 40.5 Å². The molecule has 0 aliphatic carbocycles. The van der Waals surface area contributed by atoms with Gasteiger partial charge in [-0.2, -0.15) is 10.2 Å². The molecule has 33 heavy (non-hydrogen) atoms. The molecule has 0 fully saturated rings. The van der Waals surface area contributed by atoms with Crippen LogP contribution >= 0.6 is 15.9 Å². The molecule has 2 heterocycles. The number of hydrogen-bond donors (Lipinski definition) is 1. The van der Waals surface area contributed by atoms with Crippen molar-refractivity contribution in [2.45, 2.75) is 20.2 Å². The zero-order chi connectivity index (χ0) is 23.4. The second kappa shape index (κ2) is 9.65. The first-order valence-corrected chi connectivity index (χ1v) is 10.7. The molecule has 0 unspecified atom stereocenters. The number of carbonyl (C=O) groups is 1. The van der Waals surface area contributed by atoms with Gasteiger partial charge < -0.3 is 10.1 Å². The van der Waals surface area contributed by atoms with Crippen LogP contribution in [0.1, 0.15) is 21.6 Å². The van der Waals surface area contributed by atoms with Crippen molar-refractivity contribution in [1.29, 1.82) is 0 Å². The number of aromatic nitrogens is 4. The van der Waals surface area contributed by atoms with Crippen LogP contribution in [0.2, 0.25) is 0 Å². The minimum absolute atomic E-state index is 0.0903. The number of nitrogens with one attached hydrogen (secondary N) is 1. The number of aryl methyl sites for hydroxylation is 1. The molecular weight excluding hydrogens is 492 g/mol. The van der Waals surface area contributed by atoms with E-state index in [-0.39, 0.29) is 23.9 Å². The summed E-state index contributed by atoms with van der Waals surface area (Å²) in [5.41, 5.74) is 2.28. The number of ether oxygens (including phenoxy) is 1. The first kappa shape index (κ1) is 22.2. The van der Waals surface area contributed by atoms with Crippen LogP contribution in [0.3, 0.4) is 0 Å². The molecule has 0 aliphatic rings. The maximum atomic E-state index is 12.6. The minimum Gasteiger partial charge on any atom is -0.464 e. The van der Waals surface area contributed by atoms with Gasteiger partial charge in [-0.3, -0.25) is 19.6 Å². The molecule has 0 bridgehead atoms. The molecule has 0 aliphatic heterocycles. The fourth-order valence-corrected chi connectivity index (χ4v) is 3.45. The number of nitro groups is 1. The molecule has 4 aromatic rings. The third-order valence-electron chi connectivity index (χ3n) is 4.70. The van der Waals surface area contributed by atoms with Gasteiger partial charge in [0.15, 0.2) is 24.0 Å². The minimum atomic E-state index is -0.521. The molecule has 10 nitrogen and oxygen atoms in total. The highest BCUT2D eigenvalue weighted by Gasteiger charge is 2.16. The number of benzene rings is 2. The molecule has 0 saturated carbocycles. The second-order valence-electron chi connectivity index (χ2n) is 7.20. The van der Waals surface area contributed by atoms with Crippen LogP contribution in [0.15, 0.2) is 71.5 Å². The molecule has 1 amide bonds. The third-order valence-corrected chi connectivity index (χ3v) is 5.28. The molecular formula is C22H19BrN6O4. The highest BCUT2D eigenvalue weighted by molar-refractivity contribution is 9.10. The molecule has 0 saturated heterocycles. The van der Waals surface area contributed by atoms with Gasteiger partial charge in [0.25, 0.3) is 5.91 Å². The van der Waals surface area contributed by atoms with Gasteiger partial charge in [-0.1, -0.05) is 42.0 Å². The average molecular weight is 511 g/mol. The summed E-state index contributed by atoms with van der Waals surface area (Å²) < 4.78 is 9.22. The number of nitrogens with zero attached hydrogens (tertiary/aromatic N) is 5. The Morgan fingerprint density at radius 1 is 1.12 bits per heavy atom. The van der Waals surface area contributed by atoms with Crippen molar-refractivity contribution in [2.75, 3.05) is 5.32 Å². The smallest absolute Gasteiger partial charge is 0.311 e. The van der Waals surface area contributed by atoms with E-state index in [0.717, 1.165) is 5.56 Å². The lowest BCUT2D eigenvalue weighted by Crippen LogP contribution is -2.15. The summed E-state index contributed by atoms with van der Waals surface area (Å²) in [4.78, 5) is 23.2. The number of hydrogen-bond acceptors (Lipinski definition) is 6. The first-order valence-electron chi connectivity index (χ1n) is 9.88. The highest BCUT2D eigenvalue weighted by atomic mass is 79.9. The number of halogens is 1. The summed E-state index contributed by atoms with van der Waals surface area (Å²) in [6.45, 7) is 2.50. The van der Waals surface area contributed by atoms with Crippen LogP contribution in [-0.2, 0) is 13.3 Å². The van der Waals surface area contributed by atoms with E-state index in [4.69, 9.17) is 4.74 Å². The van der Waals surface area contributed by atoms with Crippen LogP contribution in [0.5, 0.6) is 5.75 Å². The van der Waals surface area contributed by atoms with Crippen LogP contribution in [-0.4, -0.2) is 30.4 Å². The van der Waals surface area contributed by atoms with Crippen molar-refractivity contribution in [2.24, 2.45) is 0 Å². The number of amides is 1. The second-order valence-corrected chi connectivity index (χ2v) is 8.06. The van der Waals surface area contributed by atoms with Crippen molar-refractivity contribution in [1.82, 2.24) is 19.6 Å². The van der Waals surface area contributed by atoms with Gasteiger partial charge in [-0.15, -0.1) is 0 Å². The van der Waals surface area contributed by atoms with Gasteiger partial charge in [0.05, 0.1) is 15.9 Å². The van der Waals surface area contributed by atoms with E-state index < -0.39 is 10.8 Å². The van der Waals surface area contributed by atoms with Crippen LogP contribution < -0.4 is 10.1 Å². The summed E-state index contributed by atoms with van der Waals surface area (Å²) in [7, 11) is 0. The lowest BCUT2D eigenvalue weighted by atomic mass is 10.1. The fraction of sp³-hybridized carbons (Fsp3) is 0.136. The quantitative estimate of drug-likeness (QED) is 0.277. The molecule has 168 valence electrons. The van der Waals surface area contributed by atoms with E-state index in [2.05, 4.69) is 31.4 Å². The fourth-order valence-electron chi connectivity index (χ4n) is 3.04. The number of nitro benzene ring substituents is 1. The SMILES string of the molecule is Cc1ccc(Cn2cc(Br)c(NC(=O)c3ccn(COc4ccccc4[N+](=O)[O-])n3)n2)cc1. The zero-order valence-corrected chi connectivity index (χ0v) is 19.1. The largest absolute Gasteiger partial charge is 0.464 e. The molecule has 2 aromatic carbocycles. The number of rotatable bonds is 8. The highest BCUT2D eigenvalue weighted by Crippen LogP contribution is 2.26. The summed E-state index contributed by atoms with van der Waals surface area (Å²) >= 11 is 3.42. The van der Waals surface area contributed by atoms with Crippen molar-refractivity contribution >= 4 is 33.3 Å². The standard InChI is InChI=1S/C22H19BrN6O4/c1-15-6-8-16(9-7-15)12-28-13-17(23)21(26-28)24-22(30)18-10-11-27(25-18)14-33-20-5-3-2-4-19(20)29(31)32/h2-11,13H,12,14H2,1H3,(H,24,26,30). The van der Waals surface area contributed by atoms with E-state index in [9.17, 15) is 14.9 Å². The lowest BCUT2D eigenvalue weighted by Gasteiger charge is -2.06. The van der Waals surface area contributed by atoms with Gasteiger partial charge in [0.2, 0.25) is 0 Å². The summed E-state index contributed by atoms with van der Waals surface area (Å²) in [5, 5.41) is 22.4. The Morgan fingerprint density at radius 2 is 1.88 bits per heavy atom. The Bertz CT molecular complexity index is 1300. The summed E-state index contributed by atoms with van der Waals surface area (Å²) in [6.07, 6.45) is 3.34. The van der Waals surface area contributed by atoms with E-state index >= 15 is 0 Å². The van der Waals surface area contributed by atoms with E-state index in [1.165, 1.54) is 28.4 Å². The molecule has 11 heteroatoms. The van der Waals surface area contributed by atoms with Crippen molar-refractivity contribution in [3.63, 3.8) is 0 Å². The molecule has 2 aromatic heterocycles. The summed E-state index contributed by atoms with van der Waals surface area (Å²) in [5.74, 6) is 0.0469. The van der Waals surface area contributed by atoms with Crippen molar-refractivity contribution in [3.8, 4) is 5.75 Å². The van der Waals surface area contributed by atoms with Gasteiger partial charge in [-0.25, -0.2) is 4.68 Å². The molecule has 4 rings (SSSR count). The van der Waals surface area contributed by atoms with Crippen LogP contribution in [0.4, 0.5) is 11.5 Å². The predicted molar refractivity (Wildman–Crippen MR) is 124 cm³/mol. The Labute approximate surface area is 197 Å². The van der Waals surface area contributed by atoms with Gasteiger partial charge in [0, 0.05) is 18.5 Å². The van der Waals surface area contributed by atoms with E-state index in [1.54, 1.807) is 29.2 Å². The zero-order valence-electron chi connectivity index (χ0n) is 17.5. The Hall–Kier alpha value is -3.99. The van der Waals surface area contributed by atoms with Gasteiger partial charge >= 0.3 is 5.69 Å². The number of para-hydroxylation sites is 2. The topological polar surface area (TPSA) is 117 Å². The molecule has 1 N–H and O–H groups in total. The molecule has 0 atom stereocenters. The lowest BCUT2D eigenvalue weighted by molar-refractivity contribution is -0.386. The summed E-state index contributed by atoms with van der Waals surface area (Å²) in [6, 6.07) is 15.7. The number of anilines is 1. The Balaban J connectivity index is 1.38. The van der Waals surface area contributed by atoms with Crippen LogP contribution in [0.25, 0.3) is 0 Å². The maximum absolute atomic E-state index is 12.6. The normalized spacial score (nSPS) is 10.7. The number of carbonyl (C=O) groups excluding carboxylic acids is 1. The van der Waals surface area contributed by atoms with E-state index in [1.807, 2.05) is 31.2 Å². The first-order chi connectivity index (χ1) is 15.9. The third kappa shape index (κ3) is 5.44. The maximum Gasteiger partial charge on any atom is 0.311 e. The Morgan fingerprint density at radius 3 is 2.64 bits per heavy atom. The van der Waals surface area contributed by atoms with E-state index in [0.29, 0.717) is 16.8 Å². The monoisotopic (exact) mass is 510 g/mol. The molecule has 0 spiro atoms. The van der Waals surface area contributed by atoms with Crippen molar-refractivity contribution in [3.05, 3.63) is 98.4 Å².